The molecule has 0 unspecified atom stereocenters. The quantitative estimate of drug-likeness (QED) is 0.602. The lowest BCUT2D eigenvalue weighted by molar-refractivity contribution is 0.104. The van der Waals surface area contributed by atoms with Gasteiger partial charge in [-0.3, -0.25) is 9.78 Å². The van der Waals surface area contributed by atoms with E-state index in [9.17, 15) is 4.79 Å². The topological polar surface area (TPSA) is 48.4 Å². The molecule has 0 N–H and O–H groups in total. The molecule has 4 heteroatoms. The number of hydrogen-bond acceptors (Lipinski definition) is 4. The Labute approximate surface area is 124 Å². The van der Waals surface area contributed by atoms with E-state index in [-0.39, 0.29) is 5.78 Å². The van der Waals surface area contributed by atoms with E-state index in [1.165, 1.54) is 6.08 Å². The fourth-order valence-electron chi connectivity index (χ4n) is 1.89. The average molecular weight is 283 g/mol. The van der Waals surface area contributed by atoms with Crippen molar-refractivity contribution in [1.82, 2.24) is 4.98 Å². The Morgan fingerprint density at radius 1 is 1.29 bits per heavy atom. The SMILES string of the molecule is CCOc1c(/C=C/C(=O)c2cccnc2)cccc1OC. The molecule has 0 saturated carbocycles. The van der Waals surface area contributed by atoms with E-state index in [1.807, 2.05) is 25.1 Å². The molecule has 0 atom stereocenters. The first-order valence-corrected chi connectivity index (χ1v) is 6.68. The summed E-state index contributed by atoms with van der Waals surface area (Å²) in [5.74, 6) is 1.18. The van der Waals surface area contributed by atoms with Gasteiger partial charge in [0.25, 0.3) is 0 Å². The van der Waals surface area contributed by atoms with Crippen LogP contribution in [0.2, 0.25) is 0 Å². The number of nitrogens with zero attached hydrogens (tertiary/aromatic N) is 1. The maximum Gasteiger partial charge on any atom is 0.187 e. The van der Waals surface area contributed by atoms with Crippen molar-refractivity contribution in [3.8, 4) is 11.5 Å². The lowest BCUT2D eigenvalue weighted by Gasteiger charge is -2.11. The first kappa shape index (κ1) is 14.8. The van der Waals surface area contributed by atoms with E-state index in [0.29, 0.717) is 23.7 Å². The second kappa shape index (κ2) is 7.24. The molecule has 1 aromatic heterocycles. The van der Waals surface area contributed by atoms with Crippen LogP contribution in [0.4, 0.5) is 0 Å². The Hall–Kier alpha value is -2.62. The summed E-state index contributed by atoms with van der Waals surface area (Å²) >= 11 is 0. The van der Waals surface area contributed by atoms with Crippen molar-refractivity contribution in [1.29, 1.82) is 0 Å². The smallest absolute Gasteiger partial charge is 0.187 e. The summed E-state index contributed by atoms with van der Waals surface area (Å²) in [6, 6.07) is 9.02. The largest absolute Gasteiger partial charge is 0.493 e. The highest BCUT2D eigenvalue weighted by atomic mass is 16.5. The van der Waals surface area contributed by atoms with E-state index >= 15 is 0 Å². The number of methoxy groups -OCH3 is 1. The van der Waals surface area contributed by atoms with Gasteiger partial charge in [-0.05, 0) is 37.3 Å². The summed E-state index contributed by atoms with van der Waals surface area (Å²) in [5, 5.41) is 0. The third-order valence-electron chi connectivity index (χ3n) is 2.88. The van der Waals surface area contributed by atoms with Crippen LogP contribution in [0.5, 0.6) is 11.5 Å². The zero-order valence-electron chi connectivity index (χ0n) is 12.1. The molecule has 21 heavy (non-hydrogen) atoms. The fourth-order valence-corrected chi connectivity index (χ4v) is 1.89. The van der Waals surface area contributed by atoms with Crippen LogP contribution >= 0.6 is 0 Å². The van der Waals surface area contributed by atoms with E-state index in [0.717, 1.165) is 5.56 Å². The summed E-state index contributed by atoms with van der Waals surface area (Å²) in [7, 11) is 1.59. The van der Waals surface area contributed by atoms with E-state index in [1.54, 1.807) is 37.7 Å². The van der Waals surface area contributed by atoms with Crippen molar-refractivity contribution in [2.75, 3.05) is 13.7 Å². The predicted molar refractivity (Wildman–Crippen MR) is 81.8 cm³/mol. The van der Waals surface area contributed by atoms with E-state index < -0.39 is 0 Å². The van der Waals surface area contributed by atoms with Crippen molar-refractivity contribution >= 4 is 11.9 Å². The highest BCUT2D eigenvalue weighted by molar-refractivity contribution is 6.06. The Bertz CT molecular complexity index is 636. The lowest BCUT2D eigenvalue weighted by Crippen LogP contribution is -1.98. The highest BCUT2D eigenvalue weighted by Gasteiger charge is 2.08. The first-order chi connectivity index (χ1) is 10.3. The van der Waals surface area contributed by atoms with Crippen LogP contribution in [-0.4, -0.2) is 24.5 Å². The first-order valence-electron chi connectivity index (χ1n) is 6.68. The van der Waals surface area contributed by atoms with Gasteiger partial charge in [-0.2, -0.15) is 0 Å². The number of allylic oxidation sites excluding steroid dienone is 1. The van der Waals surface area contributed by atoms with Crippen molar-refractivity contribution in [3.63, 3.8) is 0 Å². The summed E-state index contributed by atoms with van der Waals surface area (Å²) < 4.78 is 10.9. The maximum atomic E-state index is 12.0. The summed E-state index contributed by atoms with van der Waals surface area (Å²) in [5.41, 5.74) is 1.35. The Kier molecular flexibility index (Phi) is 5.10. The monoisotopic (exact) mass is 283 g/mol. The number of carbonyl (C=O) groups is 1. The van der Waals surface area contributed by atoms with Crippen molar-refractivity contribution in [2.45, 2.75) is 6.92 Å². The van der Waals surface area contributed by atoms with Gasteiger partial charge in [0.1, 0.15) is 0 Å². The van der Waals surface area contributed by atoms with Crippen LogP contribution in [0.25, 0.3) is 6.08 Å². The molecule has 0 radical (unpaired) electrons. The van der Waals surface area contributed by atoms with Gasteiger partial charge in [-0.15, -0.1) is 0 Å². The molecule has 1 aromatic carbocycles. The van der Waals surface area contributed by atoms with Gasteiger partial charge in [0.15, 0.2) is 17.3 Å². The number of rotatable bonds is 6. The molecule has 0 saturated heterocycles. The number of pyridine rings is 1. The third kappa shape index (κ3) is 3.69. The number of hydrogen-bond donors (Lipinski definition) is 0. The molecule has 0 aliphatic heterocycles. The van der Waals surface area contributed by atoms with Gasteiger partial charge in [-0.1, -0.05) is 12.1 Å². The van der Waals surface area contributed by atoms with Gasteiger partial charge >= 0.3 is 0 Å². The van der Waals surface area contributed by atoms with E-state index in [4.69, 9.17) is 9.47 Å². The Balaban J connectivity index is 2.26. The zero-order chi connectivity index (χ0) is 15.1. The summed E-state index contributed by atoms with van der Waals surface area (Å²) in [6.07, 6.45) is 6.41. The number of benzene rings is 1. The van der Waals surface area contributed by atoms with Crippen molar-refractivity contribution < 1.29 is 14.3 Å². The van der Waals surface area contributed by atoms with Crippen LogP contribution < -0.4 is 9.47 Å². The van der Waals surface area contributed by atoms with Crippen molar-refractivity contribution in [2.24, 2.45) is 0 Å². The molecule has 0 bridgehead atoms. The molecule has 1 heterocycles. The molecular formula is C17H17NO3. The van der Waals surface area contributed by atoms with Gasteiger partial charge in [0, 0.05) is 23.5 Å². The minimum atomic E-state index is -0.103. The molecule has 108 valence electrons. The minimum absolute atomic E-state index is 0.103. The van der Waals surface area contributed by atoms with Gasteiger partial charge < -0.3 is 9.47 Å². The van der Waals surface area contributed by atoms with Gasteiger partial charge in [-0.25, -0.2) is 0 Å². The number of ether oxygens (including phenoxy) is 2. The molecule has 2 aromatic rings. The third-order valence-corrected chi connectivity index (χ3v) is 2.88. The van der Waals surface area contributed by atoms with Crippen LogP contribution in [0.3, 0.4) is 0 Å². The molecule has 0 aliphatic rings. The van der Waals surface area contributed by atoms with Gasteiger partial charge in [0.05, 0.1) is 13.7 Å². The summed E-state index contributed by atoms with van der Waals surface area (Å²) in [4.78, 5) is 16.0. The molecular weight excluding hydrogens is 266 g/mol. The molecule has 4 nitrogen and oxygen atoms in total. The fraction of sp³-hybridized carbons (Fsp3) is 0.176. The number of aromatic nitrogens is 1. The van der Waals surface area contributed by atoms with Crippen LogP contribution in [-0.2, 0) is 0 Å². The summed E-state index contributed by atoms with van der Waals surface area (Å²) in [6.45, 7) is 2.43. The lowest BCUT2D eigenvalue weighted by atomic mass is 10.1. The normalized spacial score (nSPS) is 10.6. The molecule has 0 aliphatic carbocycles. The van der Waals surface area contributed by atoms with Gasteiger partial charge in [0.2, 0.25) is 0 Å². The molecule has 0 spiro atoms. The predicted octanol–water partition coefficient (Wildman–Crippen LogP) is 3.39. The Morgan fingerprint density at radius 2 is 2.14 bits per heavy atom. The number of carbonyl (C=O) groups excluding carboxylic acids is 1. The highest BCUT2D eigenvalue weighted by Crippen LogP contribution is 2.32. The van der Waals surface area contributed by atoms with Crippen LogP contribution in [0.15, 0.2) is 48.8 Å². The maximum absolute atomic E-state index is 12.0. The second-order valence-electron chi connectivity index (χ2n) is 4.25. The van der Waals surface area contributed by atoms with Crippen LogP contribution in [0.1, 0.15) is 22.8 Å². The zero-order valence-corrected chi connectivity index (χ0v) is 12.1. The second-order valence-corrected chi connectivity index (χ2v) is 4.25. The number of para-hydroxylation sites is 1. The molecule has 0 fully saturated rings. The van der Waals surface area contributed by atoms with Crippen LogP contribution in [0, 0.1) is 0 Å². The van der Waals surface area contributed by atoms with E-state index in [2.05, 4.69) is 4.98 Å². The number of ketones is 1. The Morgan fingerprint density at radius 3 is 2.81 bits per heavy atom. The molecule has 2 rings (SSSR count). The standard InChI is InChI=1S/C17H17NO3/c1-3-21-17-13(6-4-8-16(17)20-2)9-10-15(19)14-7-5-11-18-12-14/h4-12H,3H2,1-2H3/b10-9+. The minimum Gasteiger partial charge on any atom is -0.493 e. The average Bonchev–Trinajstić information content (AvgIpc) is 2.54. The molecule has 0 amide bonds. The van der Waals surface area contributed by atoms with Crippen molar-refractivity contribution in [3.05, 3.63) is 59.9 Å².